The molecule has 0 bridgehead atoms. The van der Waals surface area contributed by atoms with Crippen LogP contribution < -0.4 is 10.1 Å². The number of pyridine rings is 1. The highest BCUT2D eigenvalue weighted by Gasteiger charge is 2.17. The molecule has 0 atom stereocenters. The molecule has 4 heteroatoms. The first-order chi connectivity index (χ1) is 10.3. The van der Waals surface area contributed by atoms with Crippen LogP contribution in [0.2, 0.25) is 0 Å². The molecule has 4 nitrogen and oxygen atoms in total. The summed E-state index contributed by atoms with van der Waals surface area (Å²) in [4.78, 5) is 4.53. The molecule has 0 aliphatic heterocycles. The Hall–Kier alpha value is -2.38. The van der Waals surface area contributed by atoms with Crippen molar-refractivity contribution in [3.8, 4) is 17.7 Å². The lowest BCUT2D eigenvalue weighted by Gasteiger charge is -2.10. The van der Waals surface area contributed by atoms with Crippen LogP contribution in [0.1, 0.15) is 28.8 Å². The first-order valence-corrected chi connectivity index (χ1v) is 7.14. The summed E-state index contributed by atoms with van der Waals surface area (Å²) >= 11 is 0. The van der Waals surface area contributed by atoms with Crippen LogP contribution in [0.5, 0.6) is 11.6 Å². The van der Waals surface area contributed by atoms with Crippen LogP contribution in [0, 0.1) is 11.3 Å². The average molecular weight is 279 g/mol. The summed E-state index contributed by atoms with van der Waals surface area (Å²) in [6, 6.07) is 11.9. The molecular formula is C17H17N3O. The molecule has 0 saturated carbocycles. The van der Waals surface area contributed by atoms with Crippen LogP contribution in [0.25, 0.3) is 0 Å². The average Bonchev–Trinajstić information content (AvgIpc) is 2.94. The van der Waals surface area contributed by atoms with Crippen LogP contribution in [-0.2, 0) is 19.4 Å². The van der Waals surface area contributed by atoms with Gasteiger partial charge in [0.05, 0.1) is 0 Å². The molecule has 1 N–H and O–H groups in total. The van der Waals surface area contributed by atoms with Crippen LogP contribution >= 0.6 is 0 Å². The molecule has 3 rings (SSSR count). The van der Waals surface area contributed by atoms with Gasteiger partial charge >= 0.3 is 0 Å². The predicted octanol–water partition coefficient (Wildman–Crippen LogP) is 2.95. The summed E-state index contributed by atoms with van der Waals surface area (Å²) in [5.74, 6) is 1.13. The van der Waals surface area contributed by atoms with E-state index in [0.717, 1.165) is 37.1 Å². The number of benzene rings is 1. The highest BCUT2D eigenvalue weighted by atomic mass is 16.5. The fraction of sp³-hybridized carbons (Fsp3) is 0.294. The number of aryl methyl sites for hydroxylation is 2. The number of rotatable bonds is 4. The molecule has 0 radical (unpaired) electrons. The van der Waals surface area contributed by atoms with Gasteiger partial charge in [-0.15, -0.1) is 0 Å². The zero-order chi connectivity index (χ0) is 14.7. The Morgan fingerprint density at radius 1 is 1.33 bits per heavy atom. The number of fused-ring (bicyclic) bond motifs is 1. The number of aromatic nitrogens is 1. The first-order valence-electron chi connectivity index (χ1n) is 7.14. The Morgan fingerprint density at radius 2 is 2.24 bits per heavy atom. The third-order valence-electron chi connectivity index (χ3n) is 3.63. The standard InChI is InChI=1S/C17H17N3O/c1-19-11-12-4-2-6-15(8-12)21-17-14(10-18)9-13-5-3-7-16(13)20-17/h2,4,6,8-9,19H,3,5,7,11H2,1H3. The van der Waals surface area contributed by atoms with Gasteiger partial charge in [0.2, 0.25) is 5.88 Å². The SMILES string of the molecule is CNCc1cccc(Oc2nc3c(cc2C#N)CCC3)c1. The fourth-order valence-corrected chi connectivity index (χ4v) is 2.65. The topological polar surface area (TPSA) is 57.9 Å². The molecule has 1 heterocycles. The van der Waals surface area contributed by atoms with Gasteiger partial charge in [-0.3, -0.25) is 0 Å². The quantitative estimate of drug-likeness (QED) is 0.934. The van der Waals surface area contributed by atoms with E-state index in [1.54, 1.807) is 0 Å². The summed E-state index contributed by atoms with van der Waals surface area (Å²) in [7, 11) is 1.91. The monoisotopic (exact) mass is 279 g/mol. The highest BCUT2D eigenvalue weighted by molar-refractivity contribution is 5.46. The van der Waals surface area contributed by atoms with Crippen molar-refractivity contribution < 1.29 is 4.74 Å². The fourth-order valence-electron chi connectivity index (χ4n) is 2.65. The van der Waals surface area contributed by atoms with E-state index in [-0.39, 0.29) is 0 Å². The van der Waals surface area contributed by atoms with E-state index in [1.165, 1.54) is 5.56 Å². The minimum Gasteiger partial charge on any atom is -0.438 e. The van der Waals surface area contributed by atoms with E-state index in [4.69, 9.17) is 4.74 Å². The van der Waals surface area contributed by atoms with Gasteiger partial charge < -0.3 is 10.1 Å². The summed E-state index contributed by atoms with van der Waals surface area (Å²) in [6.45, 7) is 0.778. The van der Waals surface area contributed by atoms with Crippen molar-refractivity contribution in [1.29, 1.82) is 5.26 Å². The predicted molar refractivity (Wildman–Crippen MR) is 80.3 cm³/mol. The third kappa shape index (κ3) is 2.88. The van der Waals surface area contributed by atoms with Gasteiger partial charge in [0, 0.05) is 12.2 Å². The van der Waals surface area contributed by atoms with Crippen molar-refractivity contribution in [2.75, 3.05) is 7.05 Å². The lowest BCUT2D eigenvalue weighted by atomic mass is 10.1. The Kier molecular flexibility index (Phi) is 3.85. The van der Waals surface area contributed by atoms with Gasteiger partial charge in [0.25, 0.3) is 0 Å². The van der Waals surface area contributed by atoms with Crippen molar-refractivity contribution in [2.45, 2.75) is 25.8 Å². The maximum atomic E-state index is 9.29. The molecule has 1 aliphatic carbocycles. The summed E-state index contributed by atoms with van der Waals surface area (Å²) in [6.07, 6.45) is 3.08. The lowest BCUT2D eigenvalue weighted by molar-refractivity contribution is 0.458. The van der Waals surface area contributed by atoms with Crippen molar-refractivity contribution in [3.63, 3.8) is 0 Å². The lowest BCUT2D eigenvalue weighted by Crippen LogP contribution is -2.05. The third-order valence-corrected chi connectivity index (χ3v) is 3.63. The summed E-state index contributed by atoms with van der Waals surface area (Å²) < 4.78 is 5.85. The van der Waals surface area contributed by atoms with E-state index in [9.17, 15) is 5.26 Å². The second kappa shape index (κ2) is 5.94. The molecule has 2 aromatic rings. The molecule has 0 unspecified atom stereocenters. The summed E-state index contributed by atoms with van der Waals surface area (Å²) in [5, 5.41) is 12.4. The second-order valence-corrected chi connectivity index (χ2v) is 5.19. The first kappa shape index (κ1) is 13.6. The van der Waals surface area contributed by atoms with Crippen molar-refractivity contribution in [2.24, 2.45) is 0 Å². The maximum absolute atomic E-state index is 9.29. The van der Waals surface area contributed by atoms with Crippen LogP contribution in [0.15, 0.2) is 30.3 Å². The Morgan fingerprint density at radius 3 is 3.05 bits per heavy atom. The van der Waals surface area contributed by atoms with Crippen LogP contribution in [-0.4, -0.2) is 12.0 Å². The van der Waals surface area contributed by atoms with Gasteiger partial charge in [-0.1, -0.05) is 12.1 Å². The van der Waals surface area contributed by atoms with Crippen molar-refractivity contribution >= 4 is 0 Å². The Bertz CT molecular complexity index is 704. The molecule has 1 aromatic carbocycles. The molecule has 0 saturated heterocycles. The number of hydrogen-bond donors (Lipinski definition) is 1. The normalized spacial score (nSPS) is 12.8. The van der Waals surface area contributed by atoms with Gasteiger partial charge in [-0.2, -0.15) is 5.26 Å². The zero-order valence-electron chi connectivity index (χ0n) is 12.0. The van der Waals surface area contributed by atoms with E-state index >= 15 is 0 Å². The Labute approximate surface area is 124 Å². The molecule has 21 heavy (non-hydrogen) atoms. The molecular weight excluding hydrogens is 262 g/mol. The second-order valence-electron chi connectivity index (χ2n) is 5.19. The van der Waals surface area contributed by atoms with E-state index in [0.29, 0.717) is 17.2 Å². The number of nitrogens with zero attached hydrogens (tertiary/aromatic N) is 2. The summed E-state index contributed by atoms with van der Waals surface area (Å²) in [5.41, 5.74) is 3.89. The highest BCUT2D eigenvalue weighted by Crippen LogP contribution is 2.29. The number of hydrogen-bond acceptors (Lipinski definition) is 4. The van der Waals surface area contributed by atoms with Gasteiger partial charge in [0.1, 0.15) is 17.4 Å². The van der Waals surface area contributed by atoms with E-state index in [2.05, 4.69) is 16.4 Å². The molecule has 0 spiro atoms. The zero-order valence-corrected chi connectivity index (χ0v) is 12.0. The molecule has 0 fully saturated rings. The Balaban J connectivity index is 1.91. The molecule has 106 valence electrons. The largest absolute Gasteiger partial charge is 0.438 e. The maximum Gasteiger partial charge on any atom is 0.237 e. The smallest absolute Gasteiger partial charge is 0.237 e. The van der Waals surface area contributed by atoms with Crippen LogP contribution in [0.3, 0.4) is 0 Å². The van der Waals surface area contributed by atoms with E-state index < -0.39 is 0 Å². The van der Waals surface area contributed by atoms with Gasteiger partial charge in [0.15, 0.2) is 0 Å². The minimum atomic E-state index is 0.416. The minimum absolute atomic E-state index is 0.416. The van der Waals surface area contributed by atoms with Gasteiger partial charge in [-0.05, 0) is 55.6 Å². The van der Waals surface area contributed by atoms with E-state index in [1.807, 2.05) is 37.4 Å². The number of nitriles is 1. The number of ether oxygens (including phenoxy) is 1. The number of nitrogens with one attached hydrogen (secondary N) is 1. The molecule has 0 amide bonds. The van der Waals surface area contributed by atoms with Gasteiger partial charge in [-0.25, -0.2) is 4.98 Å². The van der Waals surface area contributed by atoms with Crippen LogP contribution in [0.4, 0.5) is 0 Å². The molecule has 1 aromatic heterocycles. The molecule has 1 aliphatic rings. The van der Waals surface area contributed by atoms with Crippen molar-refractivity contribution in [1.82, 2.24) is 10.3 Å². The van der Waals surface area contributed by atoms with Crippen molar-refractivity contribution in [3.05, 3.63) is 52.7 Å².